The molecule has 0 aliphatic rings. The molecule has 8 nitrogen and oxygen atoms in total. The summed E-state index contributed by atoms with van der Waals surface area (Å²) < 4.78 is 13.0. The number of para-hydroxylation sites is 1. The maximum absolute atomic E-state index is 13.8. The van der Waals surface area contributed by atoms with Crippen molar-refractivity contribution in [1.82, 2.24) is 20.2 Å². The number of amides is 1. The lowest BCUT2D eigenvalue weighted by Gasteiger charge is -2.25. The van der Waals surface area contributed by atoms with Gasteiger partial charge in [0.15, 0.2) is 0 Å². The molecular formula is C32H34N4O4. The summed E-state index contributed by atoms with van der Waals surface area (Å²) in [6, 6.07) is 26.9. The number of carbonyl (C=O) groups is 1. The van der Waals surface area contributed by atoms with E-state index in [0.717, 1.165) is 16.5 Å². The van der Waals surface area contributed by atoms with Crippen LogP contribution >= 0.6 is 0 Å². The van der Waals surface area contributed by atoms with Gasteiger partial charge >= 0.3 is 6.09 Å². The largest absolute Gasteiger partial charge is 0.448 e. The highest BCUT2D eigenvalue weighted by atomic mass is 16.5. The molecule has 5 aromatic rings. The standard InChI is InChI=1S/C32H34N4O4/c1-22(2)27(33-18-11-19-34-32(38)39-21-24-14-7-4-8-15-24)30-35-28-25-16-9-10-17-26(25)40-29(28)31(37)36(30)20-23-12-5-3-6-13-23/h3-10,12-17,22,27,33H,11,18-21H2,1-2H3,(H,34,38). The Kier molecular flexibility index (Phi) is 8.56. The van der Waals surface area contributed by atoms with Crippen LogP contribution in [-0.2, 0) is 17.9 Å². The van der Waals surface area contributed by atoms with Crippen LogP contribution in [0.25, 0.3) is 22.1 Å². The molecule has 1 amide bonds. The zero-order chi connectivity index (χ0) is 27.9. The van der Waals surface area contributed by atoms with E-state index in [2.05, 4.69) is 24.5 Å². The molecule has 2 N–H and O–H groups in total. The lowest BCUT2D eigenvalue weighted by molar-refractivity contribution is 0.139. The molecule has 0 bridgehead atoms. The molecular weight excluding hydrogens is 504 g/mol. The number of hydrogen-bond acceptors (Lipinski definition) is 6. The SMILES string of the molecule is CC(C)C(NCCCNC(=O)OCc1ccccc1)c1nc2c(oc3ccccc32)c(=O)n1Cc1ccccc1. The fourth-order valence-electron chi connectivity index (χ4n) is 4.78. The third-order valence-corrected chi connectivity index (χ3v) is 6.84. The third kappa shape index (κ3) is 6.24. The molecule has 0 spiro atoms. The van der Waals surface area contributed by atoms with E-state index in [9.17, 15) is 9.59 Å². The van der Waals surface area contributed by atoms with E-state index in [0.29, 0.717) is 43.0 Å². The predicted octanol–water partition coefficient (Wildman–Crippen LogP) is 5.79. The van der Waals surface area contributed by atoms with Crippen LogP contribution in [0.5, 0.6) is 0 Å². The second kappa shape index (κ2) is 12.6. The van der Waals surface area contributed by atoms with Crippen molar-refractivity contribution >= 4 is 28.2 Å². The molecule has 0 fully saturated rings. The zero-order valence-corrected chi connectivity index (χ0v) is 22.8. The number of benzene rings is 3. The quantitative estimate of drug-likeness (QED) is 0.207. The normalized spacial score (nSPS) is 12.2. The van der Waals surface area contributed by atoms with Crippen LogP contribution in [0.1, 0.15) is 43.3 Å². The van der Waals surface area contributed by atoms with Crippen LogP contribution < -0.4 is 16.2 Å². The molecule has 0 saturated carbocycles. The second-order valence-corrected chi connectivity index (χ2v) is 10.1. The van der Waals surface area contributed by atoms with Crippen molar-refractivity contribution < 1.29 is 13.9 Å². The molecule has 0 saturated heterocycles. The van der Waals surface area contributed by atoms with Crippen LogP contribution in [0.15, 0.2) is 94.1 Å². The first-order valence-corrected chi connectivity index (χ1v) is 13.6. The van der Waals surface area contributed by atoms with Crippen molar-refractivity contribution in [1.29, 1.82) is 0 Å². The number of fused-ring (bicyclic) bond motifs is 3. The Balaban J connectivity index is 1.32. The van der Waals surface area contributed by atoms with Gasteiger partial charge in [-0.05, 0) is 42.1 Å². The summed E-state index contributed by atoms with van der Waals surface area (Å²) in [5.74, 6) is 0.812. The van der Waals surface area contributed by atoms with E-state index in [1.54, 1.807) is 4.57 Å². The van der Waals surface area contributed by atoms with Gasteiger partial charge < -0.3 is 19.8 Å². The molecule has 2 heterocycles. The van der Waals surface area contributed by atoms with E-state index < -0.39 is 6.09 Å². The highest BCUT2D eigenvalue weighted by molar-refractivity contribution is 6.01. The van der Waals surface area contributed by atoms with Crippen molar-refractivity contribution in [3.8, 4) is 0 Å². The van der Waals surface area contributed by atoms with E-state index in [1.807, 2.05) is 84.9 Å². The van der Waals surface area contributed by atoms with Gasteiger partial charge in [0.2, 0.25) is 5.58 Å². The Morgan fingerprint density at radius 2 is 1.60 bits per heavy atom. The van der Waals surface area contributed by atoms with Crippen LogP contribution in [0.2, 0.25) is 0 Å². The molecule has 2 aromatic heterocycles. The van der Waals surface area contributed by atoms with Crippen LogP contribution in [0, 0.1) is 5.92 Å². The average molecular weight is 539 g/mol. The molecule has 0 radical (unpaired) electrons. The maximum atomic E-state index is 13.8. The second-order valence-electron chi connectivity index (χ2n) is 10.1. The van der Waals surface area contributed by atoms with Crippen LogP contribution in [0.4, 0.5) is 4.79 Å². The average Bonchev–Trinajstić information content (AvgIpc) is 3.35. The van der Waals surface area contributed by atoms with Gasteiger partial charge in [-0.2, -0.15) is 0 Å². The highest BCUT2D eigenvalue weighted by Gasteiger charge is 2.25. The summed E-state index contributed by atoms with van der Waals surface area (Å²) >= 11 is 0. The lowest BCUT2D eigenvalue weighted by Crippen LogP contribution is -2.36. The first-order chi connectivity index (χ1) is 19.5. The molecule has 0 aliphatic heterocycles. The van der Waals surface area contributed by atoms with Crippen molar-refractivity contribution in [3.63, 3.8) is 0 Å². The number of rotatable bonds is 11. The van der Waals surface area contributed by atoms with Gasteiger partial charge in [0.25, 0.3) is 5.56 Å². The number of hydrogen-bond donors (Lipinski definition) is 2. The van der Waals surface area contributed by atoms with E-state index in [4.69, 9.17) is 14.1 Å². The molecule has 0 aliphatic carbocycles. The van der Waals surface area contributed by atoms with Crippen molar-refractivity contribution in [2.24, 2.45) is 5.92 Å². The van der Waals surface area contributed by atoms with Gasteiger partial charge in [-0.1, -0.05) is 86.6 Å². The zero-order valence-electron chi connectivity index (χ0n) is 22.8. The van der Waals surface area contributed by atoms with E-state index in [1.165, 1.54) is 0 Å². The number of aromatic nitrogens is 2. The summed E-state index contributed by atoms with van der Waals surface area (Å²) in [7, 11) is 0. The topological polar surface area (TPSA) is 98.4 Å². The molecule has 40 heavy (non-hydrogen) atoms. The Labute approximate surface area is 233 Å². The van der Waals surface area contributed by atoms with Crippen LogP contribution in [-0.4, -0.2) is 28.7 Å². The minimum atomic E-state index is -0.445. The van der Waals surface area contributed by atoms with E-state index >= 15 is 0 Å². The van der Waals surface area contributed by atoms with Gasteiger partial charge in [0.1, 0.15) is 23.5 Å². The maximum Gasteiger partial charge on any atom is 0.407 e. The van der Waals surface area contributed by atoms with Gasteiger partial charge in [-0.3, -0.25) is 9.36 Å². The molecule has 5 rings (SSSR count). The monoisotopic (exact) mass is 538 g/mol. The number of alkyl carbamates (subject to hydrolysis) is 1. The number of nitrogens with one attached hydrogen (secondary N) is 2. The van der Waals surface area contributed by atoms with Crippen molar-refractivity contribution in [2.75, 3.05) is 13.1 Å². The molecule has 206 valence electrons. The smallest absolute Gasteiger partial charge is 0.407 e. The molecule has 1 unspecified atom stereocenters. The summed E-state index contributed by atoms with van der Waals surface area (Å²) in [6.45, 7) is 5.90. The van der Waals surface area contributed by atoms with Gasteiger partial charge in [-0.25, -0.2) is 9.78 Å². The first-order valence-electron chi connectivity index (χ1n) is 13.6. The Morgan fingerprint density at radius 1 is 0.925 bits per heavy atom. The molecule has 8 heteroatoms. The van der Waals surface area contributed by atoms with Gasteiger partial charge in [0, 0.05) is 11.9 Å². The van der Waals surface area contributed by atoms with E-state index in [-0.39, 0.29) is 29.7 Å². The Hall–Kier alpha value is -4.43. The summed E-state index contributed by atoms with van der Waals surface area (Å²) in [5, 5.41) is 7.21. The fraction of sp³-hybridized carbons (Fsp3) is 0.281. The van der Waals surface area contributed by atoms with Crippen molar-refractivity contribution in [2.45, 2.75) is 39.5 Å². The summed E-state index contributed by atoms with van der Waals surface area (Å²) in [5.41, 5.74) is 3.23. The minimum Gasteiger partial charge on any atom is -0.448 e. The van der Waals surface area contributed by atoms with Gasteiger partial charge in [-0.15, -0.1) is 0 Å². The Bertz CT molecular complexity index is 1630. The number of furan rings is 1. The third-order valence-electron chi connectivity index (χ3n) is 6.84. The summed E-state index contributed by atoms with van der Waals surface area (Å²) in [4.78, 5) is 30.9. The predicted molar refractivity (Wildman–Crippen MR) is 156 cm³/mol. The highest BCUT2D eigenvalue weighted by Crippen LogP contribution is 2.28. The number of carbonyl (C=O) groups excluding carboxylic acids is 1. The van der Waals surface area contributed by atoms with Crippen molar-refractivity contribution in [3.05, 3.63) is 112 Å². The summed E-state index contributed by atoms with van der Waals surface area (Å²) in [6.07, 6.45) is 0.239. The number of ether oxygens (including phenoxy) is 1. The minimum absolute atomic E-state index is 0.147. The number of nitrogens with zero attached hydrogens (tertiary/aromatic N) is 2. The fourth-order valence-corrected chi connectivity index (χ4v) is 4.78. The Morgan fingerprint density at radius 3 is 2.33 bits per heavy atom. The first kappa shape index (κ1) is 27.1. The van der Waals surface area contributed by atoms with Gasteiger partial charge in [0.05, 0.1) is 12.6 Å². The molecule has 3 aromatic carbocycles. The van der Waals surface area contributed by atoms with Crippen LogP contribution in [0.3, 0.4) is 0 Å². The molecule has 1 atom stereocenters. The lowest BCUT2D eigenvalue weighted by atomic mass is 10.0.